The van der Waals surface area contributed by atoms with Gasteiger partial charge in [-0.2, -0.15) is 0 Å². The van der Waals surface area contributed by atoms with Gasteiger partial charge in [-0.1, -0.05) is 22.0 Å². The van der Waals surface area contributed by atoms with E-state index in [1.54, 1.807) is 19.1 Å². The summed E-state index contributed by atoms with van der Waals surface area (Å²) in [5, 5.41) is 9.09. The molecule has 2 N–H and O–H groups in total. The maximum absolute atomic E-state index is 12.0. The minimum atomic E-state index is -3.57. The number of halogens is 1. The van der Waals surface area contributed by atoms with Crippen molar-refractivity contribution in [2.75, 3.05) is 6.54 Å². The Labute approximate surface area is 110 Å². The average molecular weight is 322 g/mol. The van der Waals surface area contributed by atoms with Crippen molar-refractivity contribution in [2.45, 2.75) is 31.8 Å². The second-order valence-corrected chi connectivity index (χ2v) is 6.66. The monoisotopic (exact) mass is 321 g/mol. The van der Waals surface area contributed by atoms with E-state index in [1.165, 1.54) is 6.92 Å². The summed E-state index contributed by atoms with van der Waals surface area (Å²) in [5.41, 5.74) is 1.67. The maximum Gasteiger partial charge on any atom is 0.240 e. The molecule has 1 atom stereocenters. The number of rotatable bonds is 4. The Bertz CT molecular complexity index is 512. The summed E-state index contributed by atoms with van der Waals surface area (Å²) >= 11 is 3.31. The van der Waals surface area contributed by atoms with Crippen LogP contribution in [-0.2, 0) is 10.0 Å². The molecule has 0 spiro atoms. The van der Waals surface area contributed by atoms with Crippen LogP contribution in [0, 0.1) is 13.8 Å². The van der Waals surface area contributed by atoms with Gasteiger partial charge in [-0.3, -0.25) is 0 Å². The molecule has 4 nitrogen and oxygen atoms in total. The van der Waals surface area contributed by atoms with Gasteiger partial charge in [0.05, 0.1) is 11.0 Å². The highest BCUT2D eigenvalue weighted by atomic mass is 79.9. The summed E-state index contributed by atoms with van der Waals surface area (Å²) in [6.07, 6.45) is -0.709. The van der Waals surface area contributed by atoms with Crippen LogP contribution in [0.1, 0.15) is 18.1 Å². The van der Waals surface area contributed by atoms with Gasteiger partial charge in [0.2, 0.25) is 10.0 Å². The third-order valence-corrected chi connectivity index (χ3v) is 4.73. The maximum atomic E-state index is 12.0. The fraction of sp³-hybridized carbons (Fsp3) is 0.455. The predicted molar refractivity (Wildman–Crippen MR) is 70.5 cm³/mol. The molecular weight excluding hydrogens is 306 g/mol. The van der Waals surface area contributed by atoms with E-state index in [9.17, 15) is 8.42 Å². The third-order valence-electron chi connectivity index (χ3n) is 2.31. The molecule has 0 aliphatic carbocycles. The lowest BCUT2D eigenvalue weighted by Crippen LogP contribution is -2.31. The smallest absolute Gasteiger partial charge is 0.240 e. The molecule has 0 unspecified atom stereocenters. The van der Waals surface area contributed by atoms with Crippen LogP contribution >= 0.6 is 15.9 Å². The first kappa shape index (κ1) is 14.6. The summed E-state index contributed by atoms with van der Waals surface area (Å²) in [6.45, 7) is 5.18. The van der Waals surface area contributed by atoms with Crippen LogP contribution in [0.2, 0.25) is 0 Å². The molecule has 0 saturated heterocycles. The summed E-state index contributed by atoms with van der Waals surface area (Å²) in [4.78, 5) is 0.232. The van der Waals surface area contributed by atoms with Crippen molar-refractivity contribution in [2.24, 2.45) is 0 Å². The van der Waals surface area contributed by atoms with Gasteiger partial charge in [-0.15, -0.1) is 0 Å². The number of sulfonamides is 1. The number of hydrogen-bond acceptors (Lipinski definition) is 3. The van der Waals surface area contributed by atoms with Crippen LogP contribution < -0.4 is 4.72 Å². The van der Waals surface area contributed by atoms with Gasteiger partial charge in [0, 0.05) is 11.0 Å². The molecule has 1 aromatic rings. The van der Waals surface area contributed by atoms with Crippen LogP contribution in [0.4, 0.5) is 0 Å². The Morgan fingerprint density at radius 3 is 2.47 bits per heavy atom. The lowest BCUT2D eigenvalue weighted by atomic mass is 10.2. The van der Waals surface area contributed by atoms with E-state index in [0.29, 0.717) is 5.56 Å². The van der Waals surface area contributed by atoms with Gasteiger partial charge >= 0.3 is 0 Å². The normalized spacial score (nSPS) is 13.7. The SMILES string of the molecule is Cc1cc(C)c(S(=O)(=O)NC[C@H](C)O)cc1Br. The Balaban J connectivity index is 3.11. The van der Waals surface area contributed by atoms with Gasteiger partial charge < -0.3 is 5.11 Å². The highest BCUT2D eigenvalue weighted by Gasteiger charge is 2.18. The van der Waals surface area contributed by atoms with E-state index in [0.717, 1.165) is 10.0 Å². The Morgan fingerprint density at radius 2 is 1.94 bits per heavy atom. The number of nitrogens with one attached hydrogen (secondary N) is 1. The molecule has 0 radical (unpaired) electrons. The van der Waals surface area contributed by atoms with E-state index in [-0.39, 0.29) is 11.4 Å². The van der Waals surface area contributed by atoms with Crippen LogP contribution in [0.25, 0.3) is 0 Å². The van der Waals surface area contributed by atoms with Crippen molar-refractivity contribution < 1.29 is 13.5 Å². The number of aliphatic hydroxyl groups excluding tert-OH is 1. The molecule has 1 rings (SSSR count). The molecule has 17 heavy (non-hydrogen) atoms. The predicted octanol–water partition coefficient (Wildman–Crippen LogP) is 1.73. The minimum Gasteiger partial charge on any atom is -0.392 e. The number of aryl methyl sites for hydroxylation is 2. The summed E-state index contributed by atoms with van der Waals surface area (Å²) in [7, 11) is -3.57. The largest absolute Gasteiger partial charge is 0.392 e. The van der Waals surface area contributed by atoms with Crippen LogP contribution in [0.5, 0.6) is 0 Å². The van der Waals surface area contributed by atoms with Crippen molar-refractivity contribution in [3.63, 3.8) is 0 Å². The number of benzene rings is 1. The van der Waals surface area contributed by atoms with Gasteiger partial charge in [0.1, 0.15) is 0 Å². The van der Waals surface area contributed by atoms with Crippen LogP contribution in [0.3, 0.4) is 0 Å². The number of aliphatic hydroxyl groups is 1. The zero-order valence-corrected chi connectivity index (χ0v) is 12.4. The molecule has 6 heteroatoms. The molecule has 96 valence electrons. The van der Waals surface area contributed by atoms with Crippen molar-refractivity contribution in [1.29, 1.82) is 0 Å². The molecular formula is C11H16BrNO3S. The molecule has 0 fully saturated rings. The van der Waals surface area contributed by atoms with Gasteiger partial charge in [-0.05, 0) is 38.0 Å². The molecule has 0 aliphatic heterocycles. The highest BCUT2D eigenvalue weighted by molar-refractivity contribution is 9.10. The molecule has 0 aromatic heterocycles. The van der Waals surface area contributed by atoms with E-state index >= 15 is 0 Å². The second kappa shape index (κ2) is 5.48. The van der Waals surface area contributed by atoms with Crippen LogP contribution in [-0.4, -0.2) is 26.2 Å². The Kier molecular flexibility index (Phi) is 4.71. The van der Waals surface area contributed by atoms with E-state index in [2.05, 4.69) is 20.7 Å². The molecule has 0 aliphatic rings. The summed E-state index contributed by atoms with van der Waals surface area (Å²) in [6, 6.07) is 3.38. The van der Waals surface area contributed by atoms with E-state index < -0.39 is 16.1 Å². The fourth-order valence-electron chi connectivity index (χ4n) is 1.41. The zero-order chi connectivity index (χ0) is 13.2. The third kappa shape index (κ3) is 3.77. The lowest BCUT2D eigenvalue weighted by Gasteiger charge is -2.12. The first-order valence-electron chi connectivity index (χ1n) is 5.18. The molecule has 1 aromatic carbocycles. The van der Waals surface area contributed by atoms with Crippen molar-refractivity contribution in [3.05, 3.63) is 27.7 Å². The van der Waals surface area contributed by atoms with Crippen molar-refractivity contribution in [1.82, 2.24) is 4.72 Å². The first-order valence-corrected chi connectivity index (χ1v) is 7.46. The van der Waals surface area contributed by atoms with Crippen LogP contribution in [0.15, 0.2) is 21.5 Å². The van der Waals surface area contributed by atoms with E-state index in [4.69, 9.17) is 5.11 Å². The molecule has 0 saturated carbocycles. The number of hydrogen-bond donors (Lipinski definition) is 2. The lowest BCUT2D eigenvalue weighted by molar-refractivity contribution is 0.198. The topological polar surface area (TPSA) is 66.4 Å². The van der Waals surface area contributed by atoms with Gasteiger partial charge in [-0.25, -0.2) is 13.1 Å². The fourth-order valence-corrected chi connectivity index (χ4v) is 3.27. The van der Waals surface area contributed by atoms with E-state index in [1.807, 2.05) is 6.92 Å². The molecule has 0 heterocycles. The minimum absolute atomic E-state index is 0.00721. The quantitative estimate of drug-likeness (QED) is 0.887. The summed E-state index contributed by atoms with van der Waals surface area (Å²) < 4.78 is 27.1. The van der Waals surface area contributed by atoms with Gasteiger partial charge in [0.15, 0.2) is 0 Å². The standard InChI is InChI=1S/C11H16BrNO3S/c1-7-4-8(2)11(5-10(7)12)17(15,16)13-6-9(3)14/h4-5,9,13-14H,6H2,1-3H3/t9-/m0/s1. The first-order chi connectivity index (χ1) is 7.74. The van der Waals surface area contributed by atoms with Gasteiger partial charge in [0.25, 0.3) is 0 Å². The van der Waals surface area contributed by atoms with Crippen molar-refractivity contribution in [3.8, 4) is 0 Å². The second-order valence-electron chi connectivity index (χ2n) is 4.07. The van der Waals surface area contributed by atoms with Crippen molar-refractivity contribution >= 4 is 26.0 Å². The molecule has 0 amide bonds. The Morgan fingerprint density at radius 1 is 1.35 bits per heavy atom. The Hall–Kier alpha value is -0.430. The highest BCUT2D eigenvalue weighted by Crippen LogP contribution is 2.24. The molecule has 0 bridgehead atoms. The summed E-state index contributed by atoms with van der Waals surface area (Å²) in [5.74, 6) is 0. The zero-order valence-electron chi connectivity index (χ0n) is 9.99. The average Bonchev–Trinajstić information content (AvgIpc) is 2.20.